The van der Waals surface area contributed by atoms with Gasteiger partial charge < -0.3 is 4.74 Å². The Morgan fingerprint density at radius 2 is 2.20 bits per heavy atom. The van der Waals surface area contributed by atoms with Crippen molar-refractivity contribution >= 4 is 45.0 Å². The van der Waals surface area contributed by atoms with Crippen LogP contribution in [0, 0.1) is 10.1 Å². The van der Waals surface area contributed by atoms with Crippen molar-refractivity contribution < 1.29 is 9.66 Å². The van der Waals surface area contributed by atoms with Crippen molar-refractivity contribution in [3.8, 4) is 11.6 Å². The largest absolute Gasteiger partial charge is 0.430 e. The summed E-state index contributed by atoms with van der Waals surface area (Å²) in [5.41, 5.74) is -0.167. The van der Waals surface area contributed by atoms with Crippen molar-refractivity contribution in [2.24, 2.45) is 0 Å². The first kappa shape index (κ1) is 15.0. The van der Waals surface area contributed by atoms with E-state index in [9.17, 15) is 10.1 Å². The van der Waals surface area contributed by atoms with E-state index in [2.05, 4.69) is 25.9 Å². The molecule has 0 saturated heterocycles. The lowest BCUT2D eigenvalue weighted by Gasteiger charge is -2.08. The monoisotopic (exact) mass is 375 g/mol. The number of aromatic nitrogens is 2. The zero-order valence-electron chi connectivity index (χ0n) is 10.0. The van der Waals surface area contributed by atoms with E-state index in [-0.39, 0.29) is 22.5 Å². The third-order valence-corrected chi connectivity index (χ3v) is 3.55. The zero-order valence-corrected chi connectivity index (χ0v) is 13.2. The van der Waals surface area contributed by atoms with Crippen LogP contribution in [0.5, 0.6) is 11.6 Å². The molecule has 0 aliphatic heterocycles. The first-order chi connectivity index (χ1) is 9.51. The third kappa shape index (κ3) is 3.38. The summed E-state index contributed by atoms with van der Waals surface area (Å²) < 4.78 is 5.94. The molecule has 0 aliphatic rings. The Hall–Kier alpha value is -1.38. The van der Waals surface area contributed by atoms with E-state index in [1.165, 1.54) is 23.9 Å². The molecular formula is C11H7BrClN3O3S. The zero-order chi connectivity index (χ0) is 14.7. The van der Waals surface area contributed by atoms with Gasteiger partial charge in [0.05, 0.1) is 9.40 Å². The topological polar surface area (TPSA) is 78.2 Å². The van der Waals surface area contributed by atoms with Gasteiger partial charge in [-0.2, -0.15) is 4.98 Å². The van der Waals surface area contributed by atoms with Crippen LogP contribution in [0.1, 0.15) is 0 Å². The Morgan fingerprint density at radius 3 is 2.85 bits per heavy atom. The number of ether oxygens (including phenoxy) is 1. The van der Waals surface area contributed by atoms with Gasteiger partial charge in [0.2, 0.25) is 11.6 Å². The predicted molar refractivity (Wildman–Crippen MR) is 79.7 cm³/mol. The molecule has 0 radical (unpaired) electrons. The summed E-state index contributed by atoms with van der Waals surface area (Å²) in [6, 6.07) is 5.93. The van der Waals surface area contributed by atoms with Gasteiger partial charge in [-0.05, 0) is 28.3 Å². The highest BCUT2D eigenvalue weighted by Gasteiger charge is 2.19. The molecular weight excluding hydrogens is 370 g/mol. The van der Waals surface area contributed by atoms with Crippen molar-refractivity contribution in [2.45, 2.75) is 5.16 Å². The summed E-state index contributed by atoms with van der Waals surface area (Å²) in [6.07, 6.45) is 1.79. The molecule has 1 aromatic heterocycles. The Balaban J connectivity index is 2.44. The van der Waals surface area contributed by atoms with Crippen LogP contribution < -0.4 is 4.74 Å². The number of nitro benzene ring substituents is 1. The van der Waals surface area contributed by atoms with Crippen LogP contribution >= 0.6 is 39.3 Å². The minimum atomic E-state index is -0.529. The van der Waals surface area contributed by atoms with Gasteiger partial charge >= 0.3 is 5.69 Å². The van der Waals surface area contributed by atoms with Crippen LogP contribution in [0.4, 0.5) is 5.69 Å². The molecule has 0 aliphatic carbocycles. The molecule has 0 spiro atoms. The van der Waals surface area contributed by atoms with Crippen LogP contribution in [0.2, 0.25) is 5.15 Å². The lowest BCUT2D eigenvalue weighted by molar-refractivity contribution is -0.385. The maximum absolute atomic E-state index is 11.0. The fourth-order valence-electron chi connectivity index (χ4n) is 1.37. The highest BCUT2D eigenvalue weighted by Crippen LogP contribution is 2.37. The minimum Gasteiger partial charge on any atom is -0.430 e. The fraction of sp³-hybridized carbons (Fsp3) is 0.0909. The van der Waals surface area contributed by atoms with E-state index >= 15 is 0 Å². The van der Waals surface area contributed by atoms with Gasteiger partial charge in [0.15, 0.2) is 5.16 Å². The normalized spacial score (nSPS) is 10.3. The average Bonchev–Trinajstić information content (AvgIpc) is 2.40. The van der Waals surface area contributed by atoms with Crippen molar-refractivity contribution in [3.05, 3.63) is 44.0 Å². The molecule has 1 aromatic carbocycles. The molecule has 0 atom stereocenters. The first-order valence-corrected chi connectivity index (χ1v) is 7.60. The van der Waals surface area contributed by atoms with Gasteiger partial charge in [-0.15, -0.1) is 0 Å². The molecule has 2 aromatic rings. The molecule has 0 N–H and O–H groups in total. The van der Waals surface area contributed by atoms with Crippen LogP contribution in [0.15, 0.2) is 33.9 Å². The highest BCUT2D eigenvalue weighted by atomic mass is 79.9. The number of nitrogens with zero attached hydrogens (tertiary/aromatic N) is 3. The molecule has 0 fully saturated rings. The average molecular weight is 377 g/mol. The van der Waals surface area contributed by atoms with Gasteiger partial charge in [-0.3, -0.25) is 10.1 Å². The maximum Gasteiger partial charge on any atom is 0.312 e. The van der Waals surface area contributed by atoms with Crippen LogP contribution in [-0.4, -0.2) is 21.1 Å². The first-order valence-electron chi connectivity index (χ1n) is 5.20. The van der Waals surface area contributed by atoms with E-state index in [0.29, 0.717) is 9.63 Å². The lowest BCUT2D eigenvalue weighted by atomic mass is 10.3. The number of nitro groups is 1. The Bertz CT molecular complexity index is 671. The Labute approximate surface area is 131 Å². The third-order valence-electron chi connectivity index (χ3n) is 2.18. The number of rotatable bonds is 4. The van der Waals surface area contributed by atoms with Crippen LogP contribution in [-0.2, 0) is 0 Å². The summed E-state index contributed by atoms with van der Waals surface area (Å²) >= 11 is 10.4. The maximum atomic E-state index is 11.0. The summed E-state index contributed by atoms with van der Waals surface area (Å²) in [7, 11) is 0. The van der Waals surface area contributed by atoms with E-state index in [1.807, 2.05) is 0 Å². The molecule has 0 unspecified atom stereocenters. The van der Waals surface area contributed by atoms with Gasteiger partial charge in [0.1, 0.15) is 5.15 Å². The number of hydrogen-bond donors (Lipinski definition) is 0. The number of benzene rings is 1. The Kier molecular flexibility index (Phi) is 4.79. The van der Waals surface area contributed by atoms with Gasteiger partial charge in [0.25, 0.3) is 0 Å². The smallest absolute Gasteiger partial charge is 0.312 e. The predicted octanol–water partition coefficient (Wildman–Crippen LogP) is 4.31. The molecule has 104 valence electrons. The van der Waals surface area contributed by atoms with Crippen LogP contribution in [0.3, 0.4) is 0 Å². The SMILES string of the molecule is CSc1nc(Cl)cc(Oc2c(Br)cccc2[N+](=O)[O-])n1. The fourth-order valence-corrected chi connectivity index (χ4v) is 2.40. The van der Waals surface area contributed by atoms with E-state index < -0.39 is 4.92 Å². The summed E-state index contributed by atoms with van der Waals surface area (Å²) in [6.45, 7) is 0. The molecule has 2 rings (SSSR count). The van der Waals surface area contributed by atoms with Gasteiger partial charge in [0, 0.05) is 12.1 Å². The Morgan fingerprint density at radius 1 is 1.45 bits per heavy atom. The standard InChI is InChI=1S/C11H7BrClN3O3S/c1-20-11-14-8(13)5-9(15-11)19-10-6(12)3-2-4-7(10)16(17)18/h2-5H,1H3. The summed E-state index contributed by atoms with van der Waals surface area (Å²) in [4.78, 5) is 18.5. The van der Waals surface area contributed by atoms with E-state index in [0.717, 1.165) is 0 Å². The molecule has 0 amide bonds. The van der Waals surface area contributed by atoms with Crippen LogP contribution in [0.25, 0.3) is 0 Å². The summed E-state index contributed by atoms with van der Waals surface area (Å²) in [5, 5.41) is 11.6. The van der Waals surface area contributed by atoms with E-state index in [4.69, 9.17) is 16.3 Å². The van der Waals surface area contributed by atoms with Crippen molar-refractivity contribution in [1.82, 2.24) is 9.97 Å². The number of hydrogen-bond acceptors (Lipinski definition) is 6. The number of halogens is 2. The van der Waals surface area contributed by atoms with Gasteiger partial charge in [-0.25, -0.2) is 4.98 Å². The molecule has 9 heteroatoms. The van der Waals surface area contributed by atoms with Gasteiger partial charge in [-0.1, -0.05) is 29.4 Å². The number of thioether (sulfide) groups is 1. The second-order valence-electron chi connectivity index (χ2n) is 3.46. The molecule has 0 saturated carbocycles. The van der Waals surface area contributed by atoms with Crippen molar-refractivity contribution in [2.75, 3.05) is 6.26 Å². The quantitative estimate of drug-likeness (QED) is 0.260. The minimum absolute atomic E-state index is 0.0688. The molecule has 1 heterocycles. The van der Waals surface area contributed by atoms with Crippen molar-refractivity contribution in [3.63, 3.8) is 0 Å². The second kappa shape index (κ2) is 6.38. The van der Waals surface area contributed by atoms with E-state index in [1.54, 1.807) is 18.4 Å². The lowest BCUT2D eigenvalue weighted by Crippen LogP contribution is -1.97. The highest BCUT2D eigenvalue weighted by molar-refractivity contribution is 9.10. The van der Waals surface area contributed by atoms with Crippen molar-refractivity contribution in [1.29, 1.82) is 0 Å². The summed E-state index contributed by atoms with van der Waals surface area (Å²) in [5.74, 6) is 0.212. The number of para-hydroxylation sites is 1. The molecule has 6 nitrogen and oxygen atoms in total. The second-order valence-corrected chi connectivity index (χ2v) is 5.48. The molecule has 0 bridgehead atoms. The molecule has 20 heavy (non-hydrogen) atoms.